The molecule has 0 atom stereocenters. The highest BCUT2D eigenvalue weighted by Gasteiger charge is 2.22. The molecule has 0 amide bonds. The number of rotatable bonds is 6. The molecule has 1 N–H and O–H groups in total. The van der Waals surface area contributed by atoms with Crippen molar-refractivity contribution in [1.82, 2.24) is 15.1 Å². The molecule has 0 aliphatic heterocycles. The highest BCUT2D eigenvalue weighted by atomic mass is 35.5. The molecular formula is C15H26ClN3O. The van der Waals surface area contributed by atoms with E-state index in [2.05, 4.69) is 24.3 Å². The van der Waals surface area contributed by atoms with Crippen molar-refractivity contribution >= 4 is 11.6 Å². The molecule has 1 aliphatic rings. The lowest BCUT2D eigenvalue weighted by Gasteiger charge is -2.29. The molecule has 0 radical (unpaired) electrons. The molecule has 0 saturated heterocycles. The van der Waals surface area contributed by atoms with Gasteiger partial charge in [0, 0.05) is 12.6 Å². The molecule has 1 aromatic heterocycles. The van der Waals surface area contributed by atoms with E-state index in [0.717, 1.165) is 42.3 Å². The number of nitrogens with zero attached hydrogens (tertiary/aromatic N) is 2. The number of aryl methyl sites for hydroxylation is 2. The maximum absolute atomic E-state index is 6.30. The zero-order valence-electron chi connectivity index (χ0n) is 12.8. The van der Waals surface area contributed by atoms with Crippen LogP contribution in [-0.4, -0.2) is 28.5 Å². The Morgan fingerprint density at radius 3 is 2.60 bits per heavy atom. The van der Waals surface area contributed by atoms with Gasteiger partial charge in [-0.3, -0.25) is 4.68 Å². The summed E-state index contributed by atoms with van der Waals surface area (Å²) < 4.78 is 8.01. The number of aromatic nitrogens is 2. The van der Waals surface area contributed by atoms with Crippen molar-refractivity contribution in [2.45, 2.75) is 71.8 Å². The highest BCUT2D eigenvalue weighted by molar-refractivity contribution is 6.31. The summed E-state index contributed by atoms with van der Waals surface area (Å²) in [6, 6.07) is 0.673. The standard InChI is InChI=1S/C15H26ClN3O/c1-4-17-12-6-8-13(9-7-12)20-10-14-15(16)11(3)18-19(14)5-2/h12-13,17H,4-10H2,1-3H3. The Balaban J connectivity index is 1.84. The van der Waals surface area contributed by atoms with Gasteiger partial charge in [0.2, 0.25) is 0 Å². The molecule has 0 spiro atoms. The van der Waals surface area contributed by atoms with Crippen LogP contribution in [-0.2, 0) is 17.9 Å². The molecule has 0 unspecified atom stereocenters. The van der Waals surface area contributed by atoms with E-state index >= 15 is 0 Å². The molecule has 1 fully saturated rings. The average Bonchev–Trinajstić information content (AvgIpc) is 2.74. The summed E-state index contributed by atoms with van der Waals surface area (Å²) in [4.78, 5) is 0. The molecule has 114 valence electrons. The molecule has 1 saturated carbocycles. The van der Waals surface area contributed by atoms with Crippen LogP contribution in [0.15, 0.2) is 0 Å². The van der Waals surface area contributed by atoms with Gasteiger partial charge in [0.05, 0.1) is 29.1 Å². The zero-order chi connectivity index (χ0) is 14.5. The van der Waals surface area contributed by atoms with Gasteiger partial charge in [0.1, 0.15) is 0 Å². The maximum Gasteiger partial charge on any atom is 0.0903 e. The molecule has 20 heavy (non-hydrogen) atoms. The van der Waals surface area contributed by atoms with E-state index in [1.165, 1.54) is 12.8 Å². The Morgan fingerprint density at radius 1 is 1.30 bits per heavy atom. The van der Waals surface area contributed by atoms with Gasteiger partial charge in [0.15, 0.2) is 0 Å². The van der Waals surface area contributed by atoms with Crippen molar-refractivity contribution in [1.29, 1.82) is 0 Å². The SMILES string of the molecule is CCNC1CCC(OCc2c(Cl)c(C)nn2CC)CC1. The molecule has 1 aromatic rings. The second kappa shape index (κ2) is 7.43. The first kappa shape index (κ1) is 15.8. The van der Waals surface area contributed by atoms with Gasteiger partial charge in [-0.2, -0.15) is 5.10 Å². The fraction of sp³-hybridized carbons (Fsp3) is 0.800. The Hall–Kier alpha value is -0.580. The topological polar surface area (TPSA) is 39.1 Å². The summed E-state index contributed by atoms with van der Waals surface area (Å²) in [6.07, 6.45) is 5.04. The summed E-state index contributed by atoms with van der Waals surface area (Å²) in [5.74, 6) is 0. The smallest absolute Gasteiger partial charge is 0.0903 e. The maximum atomic E-state index is 6.30. The Kier molecular flexibility index (Phi) is 5.87. The van der Waals surface area contributed by atoms with Crippen LogP contribution in [0.3, 0.4) is 0 Å². The lowest BCUT2D eigenvalue weighted by atomic mass is 9.93. The number of halogens is 1. The van der Waals surface area contributed by atoms with Gasteiger partial charge in [-0.05, 0) is 46.1 Å². The van der Waals surface area contributed by atoms with E-state index in [4.69, 9.17) is 16.3 Å². The van der Waals surface area contributed by atoms with Crippen molar-refractivity contribution < 1.29 is 4.74 Å². The van der Waals surface area contributed by atoms with Crippen molar-refractivity contribution in [3.05, 3.63) is 16.4 Å². The second-order valence-corrected chi connectivity index (χ2v) is 5.88. The molecule has 2 rings (SSSR count). The van der Waals surface area contributed by atoms with E-state index < -0.39 is 0 Å². The van der Waals surface area contributed by atoms with Crippen LogP contribution in [0.4, 0.5) is 0 Å². The Labute approximate surface area is 126 Å². The van der Waals surface area contributed by atoms with Crippen LogP contribution in [0.5, 0.6) is 0 Å². The first-order chi connectivity index (χ1) is 9.65. The predicted octanol–water partition coefficient (Wildman–Crippen LogP) is 3.30. The first-order valence-corrected chi connectivity index (χ1v) is 8.10. The molecule has 4 nitrogen and oxygen atoms in total. The van der Waals surface area contributed by atoms with Gasteiger partial charge in [-0.25, -0.2) is 0 Å². The number of ether oxygens (including phenoxy) is 1. The van der Waals surface area contributed by atoms with Gasteiger partial charge in [-0.15, -0.1) is 0 Å². The Morgan fingerprint density at radius 2 is 2.00 bits per heavy atom. The van der Waals surface area contributed by atoms with Crippen LogP contribution in [0.25, 0.3) is 0 Å². The lowest BCUT2D eigenvalue weighted by molar-refractivity contribution is 0.00838. The summed E-state index contributed by atoms with van der Waals surface area (Å²) in [6.45, 7) is 8.65. The lowest BCUT2D eigenvalue weighted by Crippen LogP contribution is -2.35. The zero-order valence-corrected chi connectivity index (χ0v) is 13.5. The number of nitrogens with one attached hydrogen (secondary N) is 1. The summed E-state index contributed by atoms with van der Waals surface area (Å²) in [7, 11) is 0. The molecule has 0 aromatic carbocycles. The molecule has 0 bridgehead atoms. The van der Waals surface area contributed by atoms with Gasteiger partial charge < -0.3 is 10.1 Å². The third kappa shape index (κ3) is 3.74. The van der Waals surface area contributed by atoms with E-state index in [9.17, 15) is 0 Å². The monoisotopic (exact) mass is 299 g/mol. The van der Waals surface area contributed by atoms with Crippen LogP contribution < -0.4 is 5.32 Å². The van der Waals surface area contributed by atoms with Crippen LogP contribution in [0.2, 0.25) is 5.02 Å². The van der Waals surface area contributed by atoms with Crippen molar-refractivity contribution in [2.24, 2.45) is 0 Å². The predicted molar refractivity (Wildman–Crippen MR) is 82.2 cm³/mol. The van der Waals surface area contributed by atoms with Gasteiger partial charge in [0.25, 0.3) is 0 Å². The van der Waals surface area contributed by atoms with E-state index in [1.54, 1.807) is 0 Å². The largest absolute Gasteiger partial charge is 0.372 e. The van der Waals surface area contributed by atoms with E-state index in [-0.39, 0.29) is 0 Å². The fourth-order valence-corrected chi connectivity index (χ4v) is 3.12. The average molecular weight is 300 g/mol. The van der Waals surface area contributed by atoms with Gasteiger partial charge in [-0.1, -0.05) is 18.5 Å². The van der Waals surface area contributed by atoms with Crippen molar-refractivity contribution in [2.75, 3.05) is 6.54 Å². The van der Waals surface area contributed by atoms with Crippen molar-refractivity contribution in [3.8, 4) is 0 Å². The second-order valence-electron chi connectivity index (χ2n) is 5.50. The normalized spacial score (nSPS) is 23.2. The van der Waals surface area contributed by atoms with E-state index in [0.29, 0.717) is 18.8 Å². The number of hydrogen-bond donors (Lipinski definition) is 1. The molecule has 5 heteroatoms. The summed E-state index contributed by atoms with van der Waals surface area (Å²) in [5.41, 5.74) is 1.91. The van der Waals surface area contributed by atoms with Crippen molar-refractivity contribution in [3.63, 3.8) is 0 Å². The van der Waals surface area contributed by atoms with Gasteiger partial charge >= 0.3 is 0 Å². The Bertz CT molecular complexity index is 425. The van der Waals surface area contributed by atoms with Crippen LogP contribution in [0, 0.1) is 6.92 Å². The highest BCUT2D eigenvalue weighted by Crippen LogP contribution is 2.25. The van der Waals surface area contributed by atoms with E-state index in [1.807, 2.05) is 11.6 Å². The molecular weight excluding hydrogens is 274 g/mol. The molecule has 1 aliphatic carbocycles. The fourth-order valence-electron chi connectivity index (χ4n) is 2.93. The first-order valence-electron chi connectivity index (χ1n) is 7.72. The minimum absolute atomic E-state index is 0.362. The third-order valence-corrected chi connectivity index (χ3v) is 4.57. The third-order valence-electron chi connectivity index (χ3n) is 4.08. The summed E-state index contributed by atoms with van der Waals surface area (Å²) in [5, 5.41) is 8.70. The summed E-state index contributed by atoms with van der Waals surface area (Å²) >= 11 is 6.30. The molecule has 1 heterocycles. The number of hydrogen-bond acceptors (Lipinski definition) is 3. The quantitative estimate of drug-likeness (QED) is 0.876. The van der Waals surface area contributed by atoms with Crippen LogP contribution >= 0.6 is 11.6 Å². The van der Waals surface area contributed by atoms with Crippen LogP contribution in [0.1, 0.15) is 50.9 Å². The minimum atomic E-state index is 0.362. The minimum Gasteiger partial charge on any atom is -0.372 e.